The van der Waals surface area contributed by atoms with Gasteiger partial charge in [-0.05, 0) is 5.56 Å². The quantitative estimate of drug-likeness (QED) is 0.643. The Bertz CT molecular complexity index is 1050. The number of benzene rings is 2. The lowest BCUT2D eigenvalue weighted by molar-refractivity contribution is -0.136. The molecule has 0 radical (unpaired) electrons. The second-order valence-corrected chi connectivity index (χ2v) is 6.25. The first-order valence-corrected chi connectivity index (χ1v) is 8.26. The number of aliphatic hydroxyl groups is 2. The highest BCUT2D eigenvalue weighted by molar-refractivity contribution is 6.52. The van der Waals surface area contributed by atoms with Crippen molar-refractivity contribution in [2.45, 2.75) is 5.92 Å². The zero-order valence-corrected chi connectivity index (χ0v) is 14.0. The molecule has 0 spiro atoms. The van der Waals surface area contributed by atoms with Crippen LogP contribution in [0.5, 0.6) is 0 Å². The number of allylic oxidation sites excluding steroid dienone is 1. The third-order valence-electron chi connectivity index (χ3n) is 4.71. The van der Waals surface area contributed by atoms with Gasteiger partial charge in [0.05, 0.1) is 17.1 Å². The van der Waals surface area contributed by atoms with Crippen LogP contribution in [0.1, 0.15) is 27.4 Å². The number of hydrogen-bond donors (Lipinski definition) is 2. The van der Waals surface area contributed by atoms with E-state index in [0.29, 0.717) is 5.56 Å². The summed E-state index contributed by atoms with van der Waals surface area (Å²) >= 11 is 0. The van der Waals surface area contributed by atoms with Crippen LogP contribution in [0.15, 0.2) is 71.5 Å². The smallest absolute Gasteiger partial charge is 0.338 e. The van der Waals surface area contributed by atoms with Gasteiger partial charge >= 0.3 is 5.97 Å². The summed E-state index contributed by atoms with van der Waals surface area (Å²) in [4.78, 5) is 37.7. The molecule has 1 heterocycles. The number of esters is 1. The van der Waals surface area contributed by atoms with Crippen molar-refractivity contribution in [2.75, 3.05) is 6.61 Å². The van der Waals surface area contributed by atoms with E-state index in [0.717, 1.165) is 0 Å². The predicted molar refractivity (Wildman–Crippen MR) is 95.1 cm³/mol. The van der Waals surface area contributed by atoms with E-state index in [2.05, 4.69) is 0 Å². The summed E-state index contributed by atoms with van der Waals surface area (Å²) in [6.45, 7) is -0.315. The SMILES string of the molecule is O=C1OCC(O)=C1C(C1=C(O)c2ccccc2C(=O)C1=O)c1ccccc1. The summed E-state index contributed by atoms with van der Waals surface area (Å²) in [6, 6.07) is 14.7. The van der Waals surface area contributed by atoms with Gasteiger partial charge in [-0.3, -0.25) is 9.59 Å². The number of Topliss-reactive ketones (excluding diaryl/α,β-unsaturated/α-hetero) is 2. The van der Waals surface area contributed by atoms with Crippen molar-refractivity contribution in [3.63, 3.8) is 0 Å². The Balaban J connectivity index is 2.01. The first kappa shape index (κ1) is 16.8. The number of cyclic esters (lactones) is 1. The van der Waals surface area contributed by atoms with Crippen LogP contribution in [0.4, 0.5) is 0 Å². The molecule has 0 fully saturated rings. The summed E-state index contributed by atoms with van der Waals surface area (Å²) in [5.74, 6) is -4.31. The number of aliphatic hydroxyl groups excluding tert-OH is 2. The van der Waals surface area contributed by atoms with Gasteiger partial charge in [0.15, 0.2) is 0 Å². The number of rotatable bonds is 3. The monoisotopic (exact) mass is 362 g/mol. The average molecular weight is 362 g/mol. The molecular weight excluding hydrogens is 348 g/mol. The van der Waals surface area contributed by atoms with Gasteiger partial charge in [0.2, 0.25) is 11.6 Å². The van der Waals surface area contributed by atoms with Gasteiger partial charge in [-0.2, -0.15) is 0 Å². The Hall–Kier alpha value is -3.67. The molecule has 0 aromatic heterocycles. The number of carbonyl (C=O) groups excluding carboxylic acids is 3. The van der Waals surface area contributed by atoms with E-state index in [1.807, 2.05) is 0 Å². The Kier molecular flexibility index (Phi) is 3.88. The molecule has 2 N–H and O–H groups in total. The van der Waals surface area contributed by atoms with Crippen molar-refractivity contribution in [3.8, 4) is 0 Å². The minimum absolute atomic E-state index is 0.0998. The Morgan fingerprint density at radius 2 is 1.41 bits per heavy atom. The number of ether oxygens (including phenoxy) is 1. The van der Waals surface area contributed by atoms with E-state index >= 15 is 0 Å². The molecule has 6 nitrogen and oxygen atoms in total. The largest absolute Gasteiger partial charge is 0.508 e. The molecule has 2 aromatic rings. The predicted octanol–water partition coefficient (Wildman–Crippen LogP) is 2.87. The van der Waals surface area contributed by atoms with E-state index in [1.165, 1.54) is 12.1 Å². The highest BCUT2D eigenvalue weighted by Crippen LogP contribution is 2.42. The van der Waals surface area contributed by atoms with Crippen molar-refractivity contribution in [2.24, 2.45) is 0 Å². The molecule has 0 saturated heterocycles. The van der Waals surface area contributed by atoms with Crippen LogP contribution in [0, 0.1) is 0 Å². The molecule has 0 amide bonds. The summed E-state index contributed by atoms with van der Waals surface area (Å²) in [7, 11) is 0. The molecule has 134 valence electrons. The average Bonchev–Trinajstić information content (AvgIpc) is 3.02. The van der Waals surface area contributed by atoms with E-state index in [1.54, 1.807) is 42.5 Å². The van der Waals surface area contributed by atoms with Crippen molar-refractivity contribution in [3.05, 3.63) is 88.2 Å². The van der Waals surface area contributed by atoms with Gasteiger partial charge in [0, 0.05) is 11.1 Å². The Morgan fingerprint density at radius 1 is 0.778 bits per heavy atom. The fraction of sp³-hybridized carbons (Fsp3) is 0.0952. The second-order valence-electron chi connectivity index (χ2n) is 6.25. The third kappa shape index (κ3) is 2.54. The van der Waals surface area contributed by atoms with Gasteiger partial charge in [-0.1, -0.05) is 54.6 Å². The zero-order chi connectivity index (χ0) is 19.1. The van der Waals surface area contributed by atoms with E-state index in [-0.39, 0.29) is 40.4 Å². The molecule has 0 saturated carbocycles. The molecular formula is C21H14O6. The highest BCUT2D eigenvalue weighted by atomic mass is 16.5. The maximum absolute atomic E-state index is 12.9. The lowest BCUT2D eigenvalue weighted by Gasteiger charge is -2.25. The summed E-state index contributed by atoms with van der Waals surface area (Å²) in [5, 5.41) is 21.0. The molecule has 2 aliphatic rings. The van der Waals surface area contributed by atoms with Gasteiger partial charge in [-0.25, -0.2) is 4.79 Å². The zero-order valence-electron chi connectivity index (χ0n) is 14.0. The fourth-order valence-electron chi connectivity index (χ4n) is 3.47. The molecule has 4 rings (SSSR count). The summed E-state index contributed by atoms with van der Waals surface area (Å²) in [6.07, 6.45) is 0. The maximum Gasteiger partial charge on any atom is 0.338 e. The molecule has 6 heteroatoms. The van der Waals surface area contributed by atoms with Crippen molar-refractivity contribution < 1.29 is 29.3 Å². The number of hydrogen-bond acceptors (Lipinski definition) is 6. The Morgan fingerprint density at radius 3 is 2.04 bits per heavy atom. The third-order valence-corrected chi connectivity index (χ3v) is 4.71. The van der Waals surface area contributed by atoms with Crippen LogP contribution >= 0.6 is 0 Å². The van der Waals surface area contributed by atoms with Crippen LogP contribution in [-0.2, 0) is 14.3 Å². The van der Waals surface area contributed by atoms with Crippen LogP contribution in [0.25, 0.3) is 5.76 Å². The van der Waals surface area contributed by atoms with Crippen molar-refractivity contribution >= 4 is 23.3 Å². The molecule has 1 unspecified atom stereocenters. The second kappa shape index (κ2) is 6.25. The van der Waals surface area contributed by atoms with Gasteiger partial charge in [0.25, 0.3) is 0 Å². The van der Waals surface area contributed by atoms with Crippen LogP contribution < -0.4 is 0 Å². The van der Waals surface area contributed by atoms with Crippen molar-refractivity contribution in [1.82, 2.24) is 0 Å². The van der Waals surface area contributed by atoms with Crippen LogP contribution in [0.3, 0.4) is 0 Å². The number of ketones is 2. The molecule has 1 aliphatic heterocycles. The highest BCUT2D eigenvalue weighted by Gasteiger charge is 2.43. The molecule has 1 atom stereocenters. The normalized spacial score (nSPS) is 17.9. The molecule has 0 bridgehead atoms. The fourth-order valence-corrected chi connectivity index (χ4v) is 3.47. The minimum Gasteiger partial charge on any atom is -0.508 e. The maximum atomic E-state index is 12.9. The topological polar surface area (TPSA) is 101 Å². The van der Waals surface area contributed by atoms with Crippen LogP contribution in [-0.4, -0.2) is 34.4 Å². The number of carbonyl (C=O) groups is 3. The van der Waals surface area contributed by atoms with E-state index in [4.69, 9.17) is 4.74 Å². The van der Waals surface area contributed by atoms with Gasteiger partial charge < -0.3 is 14.9 Å². The van der Waals surface area contributed by atoms with E-state index in [9.17, 15) is 24.6 Å². The van der Waals surface area contributed by atoms with Gasteiger partial charge in [-0.15, -0.1) is 0 Å². The standard InChI is InChI=1S/C21H14O6/c22-14-10-27-21(26)16(14)15(11-6-2-1-3-7-11)17-18(23)12-8-4-5-9-13(12)19(24)20(17)25/h1-9,15,22-23H,10H2. The van der Waals surface area contributed by atoms with Gasteiger partial charge in [0.1, 0.15) is 18.1 Å². The molecule has 2 aromatic carbocycles. The number of fused-ring (bicyclic) bond motifs is 1. The summed E-state index contributed by atoms with van der Waals surface area (Å²) < 4.78 is 4.87. The lowest BCUT2D eigenvalue weighted by Crippen LogP contribution is -2.29. The minimum atomic E-state index is -1.12. The first-order chi connectivity index (χ1) is 13.0. The van der Waals surface area contributed by atoms with E-state index < -0.39 is 23.5 Å². The first-order valence-electron chi connectivity index (χ1n) is 8.26. The Labute approximate surface area is 154 Å². The molecule has 27 heavy (non-hydrogen) atoms. The van der Waals surface area contributed by atoms with Crippen molar-refractivity contribution in [1.29, 1.82) is 0 Å². The lowest BCUT2D eigenvalue weighted by atomic mass is 9.76. The summed E-state index contributed by atoms with van der Waals surface area (Å²) in [5.41, 5.74) is 0.390. The van der Waals surface area contributed by atoms with Crippen LogP contribution in [0.2, 0.25) is 0 Å². The molecule has 1 aliphatic carbocycles.